The summed E-state index contributed by atoms with van der Waals surface area (Å²) in [5, 5.41) is 0. The van der Waals surface area contributed by atoms with Crippen molar-refractivity contribution in [1.29, 1.82) is 0 Å². The normalized spacial score (nSPS) is 14.9. The van der Waals surface area contributed by atoms with E-state index in [-0.39, 0.29) is 5.67 Å². The number of hydrogen-bond donors (Lipinski definition) is 0. The summed E-state index contributed by atoms with van der Waals surface area (Å²) in [6.45, 7) is 16.4. The van der Waals surface area contributed by atoms with Gasteiger partial charge in [0.15, 0.2) is 0 Å². The van der Waals surface area contributed by atoms with Gasteiger partial charge in [0, 0.05) is 25.5 Å². The standard InChI is InChI=1S/C15H33NO3Si/c1-8-15(16-14(7)12-13(5)6)20(17-9-2,18-10-3)19-11-4/h13,15H,8-12H2,1-7H3. The topological polar surface area (TPSA) is 40.0 Å². The molecular formula is C15H33NO3Si. The molecule has 0 aromatic rings. The molecule has 0 aliphatic carbocycles. The predicted molar refractivity (Wildman–Crippen MR) is 87.3 cm³/mol. The fourth-order valence-electron chi connectivity index (χ4n) is 2.35. The Labute approximate surface area is 126 Å². The summed E-state index contributed by atoms with van der Waals surface area (Å²) in [5.74, 6) is 0.610. The van der Waals surface area contributed by atoms with Gasteiger partial charge in [0.25, 0.3) is 0 Å². The van der Waals surface area contributed by atoms with Gasteiger partial charge in [-0.1, -0.05) is 20.8 Å². The Morgan fingerprint density at radius 1 is 0.950 bits per heavy atom. The molecule has 0 amide bonds. The molecular weight excluding hydrogens is 270 g/mol. The minimum Gasteiger partial charge on any atom is -0.373 e. The first-order valence-corrected chi connectivity index (χ1v) is 9.70. The van der Waals surface area contributed by atoms with Gasteiger partial charge in [0.05, 0.1) is 0 Å². The monoisotopic (exact) mass is 303 g/mol. The van der Waals surface area contributed by atoms with Crippen LogP contribution in [0, 0.1) is 5.92 Å². The lowest BCUT2D eigenvalue weighted by Crippen LogP contribution is -2.56. The average Bonchev–Trinajstić information content (AvgIpc) is 2.35. The molecule has 0 aliphatic heterocycles. The summed E-state index contributed by atoms with van der Waals surface area (Å²) >= 11 is 0. The minimum atomic E-state index is -2.73. The Bertz CT molecular complexity index is 265. The average molecular weight is 304 g/mol. The number of nitrogens with zero attached hydrogens (tertiary/aromatic N) is 1. The van der Waals surface area contributed by atoms with Crippen molar-refractivity contribution in [2.24, 2.45) is 10.9 Å². The van der Waals surface area contributed by atoms with E-state index in [1.54, 1.807) is 0 Å². The first kappa shape index (κ1) is 19.8. The second-order valence-corrected chi connectivity index (χ2v) is 8.03. The number of rotatable bonds is 11. The minimum absolute atomic E-state index is 0.00102. The zero-order valence-corrected chi connectivity index (χ0v) is 15.4. The van der Waals surface area contributed by atoms with Crippen LogP contribution in [-0.2, 0) is 13.3 Å². The van der Waals surface area contributed by atoms with E-state index in [9.17, 15) is 0 Å². The van der Waals surface area contributed by atoms with Crippen molar-refractivity contribution in [3.05, 3.63) is 0 Å². The first-order chi connectivity index (χ1) is 9.45. The molecule has 0 radical (unpaired) electrons. The molecule has 5 heteroatoms. The van der Waals surface area contributed by atoms with Gasteiger partial charge in [-0.05, 0) is 46.5 Å². The Balaban J connectivity index is 5.23. The van der Waals surface area contributed by atoms with Crippen molar-refractivity contribution in [3.8, 4) is 0 Å². The Morgan fingerprint density at radius 2 is 1.40 bits per heavy atom. The molecule has 0 N–H and O–H groups in total. The molecule has 4 nitrogen and oxygen atoms in total. The summed E-state index contributed by atoms with van der Waals surface area (Å²) < 4.78 is 17.9. The molecule has 0 aliphatic rings. The molecule has 1 atom stereocenters. The van der Waals surface area contributed by atoms with Crippen molar-refractivity contribution in [2.75, 3.05) is 19.8 Å². The van der Waals surface area contributed by atoms with Gasteiger partial charge < -0.3 is 13.3 Å². The van der Waals surface area contributed by atoms with E-state index in [0.29, 0.717) is 25.7 Å². The van der Waals surface area contributed by atoms with Crippen molar-refractivity contribution in [3.63, 3.8) is 0 Å². The van der Waals surface area contributed by atoms with Crippen molar-refractivity contribution < 1.29 is 13.3 Å². The van der Waals surface area contributed by atoms with Crippen LogP contribution < -0.4 is 0 Å². The smallest absolute Gasteiger partial charge is 0.373 e. The van der Waals surface area contributed by atoms with Crippen molar-refractivity contribution >= 4 is 14.5 Å². The van der Waals surface area contributed by atoms with Gasteiger partial charge in [-0.3, -0.25) is 4.99 Å². The SMILES string of the molecule is CCO[Si](OCC)(OCC)C(CC)N=C(C)CC(C)C. The van der Waals surface area contributed by atoms with Crippen molar-refractivity contribution in [1.82, 2.24) is 0 Å². The van der Waals surface area contributed by atoms with Gasteiger partial charge in [-0.25, -0.2) is 0 Å². The maximum Gasteiger partial charge on any atom is 0.526 e. The lowest BCUT2D eigenvalue weighted by molar-refractivity contribution is 0.0620. The van der Waals surface area contributed by atoms with E-state index in [2.05, 4.69) is 27.7 Å². The summed E-state index contributed by atoms with van der Waals surface area (Å²) in [6, 6.07) is 0. The zero-order valence-electron chi connectivity index (χ0n) is 14.4. The van der Waals surface area contributed by atoms with E-state index in [1.807, 2.05) is 20.8 Å². The summed E-state index contributed by atoms with van der Waals surface area (Å²) in [5.41, 5.74) is 1.16. The largest absolute Gasteiger partial charge is 0.526 e. The molecule has 0 aromatic heterocycles. The van der Waals surface area contributed by atoms with E-state index >= 15 is 0 Å². The maximum atomic E-state index is 5.96. The molecule has 120 valence electrons. The second kappa shape index (κ2) is 10.5. The highest BCUT2D eigenvalue weighted by atomic mass is 28.4. The molecule has 0 fully saturated rings. The fraction of sp³-hybridized carbons (Fsp3) is 0.933. The van der Waals surface area contributed by atoms with E-state index in [0.717, 1.165) is 18.6 Å². The Kier molecular flexibility index (Phi) is 10.4. The van der Waals surface area contributed by atoms with Crippen LogP contribution in [0.1, 0.15) is 61.3 Å². The number of aliphatic imine (C=N–C) groups is 1. The molecule has 0 heterocycles. The molecule has 0 rings (SSSR count). The van der Waals surface area contributed by atoms with Crippen LogP contribution in [-0.4, -0.2) is 40.0 Å². The van der Waals surface area contributed by atoms with Gasteiger partial charge in [0.2, 0.25) is 0 Å². The third-order valence-electron chi connectivity index (χ3n) is 2.91. The summed E-state index contributed by atoms with van der Waals surface area (Å²) in [4.78, 5) is 4.87. The zero-order chi connectivity index (χ0) is 15.6. The fourth-order valence-corrected chi connectivity index (χ4v) is 5.26. The number of hydrogen-bond acceptors (Lipinski definition) is 4. The van der Waals surface area contributed by atoms with E-state index in [1.165, 1.54) is 0 Å². The maximum absolute atomic E-state index is 5.96. The van der Waals surface area contributed by atoms with Crippen LogP contribution in [0.3, 0.4) is 0 Å². The third kappa shape index (κ3) is 6.48. The molecule has 0 saturated heterocycles. The lowest BCUT2D eigenvalue weighted by Gasteiger charge is -2.33. The lowest BCUT2D eigenvalue weighted by atomic mass is 10.1. The van der Waals surface area contributed by atoms with Gasteiger partial charge in [-0.2, -0.15) is 0 Å². The molecule has 0 saturated carbocycles. The van der Waals surface area contributed by atoms with Gasteiger partial charge in [-0.15, -0.1) is 0 Å². The summed E-state index contributed by atoms with van der Waals surface area (Å²) in [7, 11) is -2.73. The van der Waals surface area contributed by atoms with Crippen LogP contribution in [0.2, 0.25) is 0 Å². The van der Waals surface area contributed by atoms with Crippen LogP contribution >= 0.6 is 0 Å². The quantitative estimate of drug-likeness (QED) is 0.430. The Hall–Kier alpha value is -0.233. The van der Waals surface area contributed by atoms with Crippen molar-refractivity contribution in [2.45, 2.75) is 67.0 Å². The molecule has 0 aromatic carbocycles. The van der Waals surface area contributed by atoms with Crippen LogP contribution in [0.4, 0.5) is 0 Å². The van der Waals surface area contributed by atoms with Crippen LogP contribution in [0.5, 0.6) is 0 Å². The van der Waals surface area contributed by atoms with E-state index in [4.69, 9.17) is 18.3 Å². The third-order valence-corrected chi connectivity index (χ3v) is 6.34. The highest BCUT2D eigenvalue weighted by Gasteiger charge is 2.48. The molecule has 0 spiro atoms. The Morgan fingerprint density at radius 3 is 1.70 bits per heavy atom. The summed E-state index contributed by atoms with van der Waals surface area (Å²) in [6.07, 6.45) is 1.88. The molecule has 1 unspecified atom stereocenters. The molecule has 0 bridgehead atoms. The van der Waals surface area contributed by atoms with Gasteiger partial charge >= 0.3 is 8.80 Å². The van der Waals surface area contributed by atoms with Crippen LogP contribution in [0.15, 0.2) is 4.99 Å². The first-order valence-electron chi connectivity index (χ1n) is 7.90. The van der Waals surface area contributed by atoms with Gasteiger partial charge in [0.1, 0.15) is 5.67 Å². The molecule has 20 heavy (non-hydrogen) atoms. The van der Waals surface area contributed by atoms with E-state index < -0.39 is 8.80 Å². The highest BCUT2D eigenvalue weighted by Crippen LogP contribution is 2.21. The van der Waals surface area contributed by atoms with Crippen LogP contribution in [0.25, 0.3) is 0 Å². The second-order valence-electron chi connectivity index (χ2n) is 5.29. The predicted octanol–water partition coefficient (Wildman–Crippen LogP) is 3.86. The highest BCUT2D eigenvalue weighted by molar-refractivity contribution is 6.62.